The van der Waals surface area contributed by atoms with Gasteiger partial charge in [0.05, 0.1) is 0 Å². The molecule has 0 atom stereocenters. The molecule has 0 aliphatic heterocycles. The predicted molar refractivity (Wildman–Crippen MR) is 102 cm³/mol. The first-order chi connectivity index (χ1) is 12.4. The Hall–Kier alpha value is -0.790. The van der Waals surface area contributed by atoms with Gasteiger partial charge in [-0.1, -0.05) is 0 Å². The van der Waals surface area contributed by atoms with Gasteiger partial charge in [-0.3, -0.25) is 4.79 Å². The van der Waals surface area contributed by atoms with E-state index < -0.39 is 0 Å². The normalized spacial score (nSPS) is 54.5. The third-order valence-electron chi connectivity index (χ3n) is 9.76. The van der Waals surface area contributed by atoms with Crippen LogP contribution in [0.1, 0.15) is 84.0 Å². The van der Waals surface area contributed by atoms with Gasteiger partial charge in [-0.15, -0.1) is 0 Å². The summed E-state index contributed by atoms with van der Waals surface area (Å²) in [6, 6.07) is 0. The van der Waals surface area contributed by atoms with Crippen LogP contribution in [0.5, 0.6) is 0 Å². The maximum atomic E-state index is 13.7. The van der Waals surface area contributed by atoms with E-state index in [9.17, 15) is 9.90 Å². The summed E-state index contributed by atoms with van der Waals surface area (Å²) in [5.41, 5.74) is 0.639. The molecule has 0 amide bonds. The van der Waals surface area contributed by atoms with Crippen molar-refractivity contribution < 1.29 is 9.90 Å². The van der Waals surface area contributed by atoms with Gasteiger partial charge in [0.25, 0.3) is 0 Å². The molecule has 8 rings (SSSR count). The third-order valence-corrected chi connectivity index (χ3v) is 9.76. The van der Waals surface area contributed by atoms with Gasteiger partial charge < -0.3 is 5.11 Å². The van der Waals surface area contributed by atoms with E-state index in [4.69, 9.17) is 0 Å². The number of hydrogen-bond acceptors (Lipinski definition) is 2. The highest BCUT2D eigenvalue weighted by atomic mass is 16.3. The largest absolute Gasteiger partial charge is 0.511 e. The van der Waals surface area contributed by atoms with Crippen molar-refractivity contribution in [1.29, 1.82) is 0 Å². The quantitative estimate of drug-likeness (QED) is 0.512. The Kier molecular flexibility index (Phi) is 3.22. The average molecular weight is 355 g/mol. The zero-order valence-corrected chi connectivity index (χ0v) is 16.3. The van der Waals surface area contributed by atoms with Gasteiger partial charge in [0, 0.05) is 16.4 Å². The first-order valence-corrected chi connectivity index (χ1v) is 11.4. The number of hydrogen-bond donors (Lipinski definition) is 1. The number of allylic oxidation sites excluding steroid dienone is 2. The monoisotopic (exact) mass is 354 g/mol. The molecule has 0 heterocycles. The van der Waals surface area contributed by atoms with Gasteiger partial charge in [0.15, 0.2) is 5.78 Å². The highest BCUT2D eigenvalue weighted by Crippen LogP contribution is 2.64. The Labute approximate surface area is 157 Å². The van der Waals surface area contributed by atoms with Gasteiger partial charge in [0.1, 0.15) is 5.76 Å². The summed E-state index contributed by atoms with van der Waals surface area (Å²) in [6.45, 7) is 1.98. The lowest BCUT2D eigenvalue weighted by atomic mass is 9.47. The molecule has 0 aromatic rings. The molecule has 8 aliphatic rings. The smallest absolute Gasteiger partial charge is 0.168 e. The second-order valence-electron chi connectivity index (χ2n) is 11.7. The van der Waals surface area contributed by atoms with Gasteiger partial charge in [0.2, 0.25) is 0 Å². The molecule has 142 valence electrons. The zero-order chi connectivity index (χ0) is 17.7. The van der Waals surface area contributed by atoms with Crippen molar-refractivity contribution in [3.8, 4) is 0 Å². The van der Waals surface area contributed by atoms with E-state index in [1.54, 1.807) is 0 Å². The Balaban J connectivity index is 1.33. The predicted octanol–water partition coefficient (Wildman–Crippen LogP) is 5.82. The second-order valence-corrected chi connectivity index (χ2v) is 11.7. The minimum absolute atomic E-state index is 0.0310. The summed E-state index contributed by atoms with van der Waals surface area (Å²) in [4.78, 5) is 13.7. The first-order valence-electron chi connectivity index (χ1n) is 11.4. The minimum atomic E-state index is -0.102. The highest BCUT2D eigenvalue weighted by Gasteiger charge is 2.57. The van der Waals surface area contributed by atoms with Crippen LogP contribution in [0.3, 0.4) is 0 Å². The number of aliphatic hydroxyl groups is 1. The number of Topliss-reactive ketones (excluding diaryl/α,β-unsaturated/α-hetero) is 1. The van der Waals surface area contributed by atoms with E-state index in [-0.39, 0.29) is 10.8 Å². The van der Waals surface area contributed by atoms with E-state index >= 15 is 0 Å². The van der Waals surface area contributed by atoms with Gasteiger partial charge in [-0.05, 0) is 119 Å². The molecule has 1 N–H and O–H groups in total. The molecular weight excluding hydrogens is 320 g/mol. The van der Waals surface area contributed by atoms with E-state index in [1.165, 1.54) is 38.5 Å². The summed E-state index contributed by atoms with van der Waals surface area (Å²) in [5.74, 6) is 5.70. The molecule has 0 radical (unpaired) electrons. The van der Waals surface area contributed by atoms with Crippen LogP contribution in [0.4, 0.5) is 0 Å². The molecule has 0 saturated heterocycles. The Bertz CT molecular complexity index is 614. The lowest BCUT2D eigenvalue weighted by molar-refractivity contribution is -0.140. The van der Waals surface area contributed by atoms with Crippen molar-refractivity contribution >= 4 is 5.78 Å². The molecule has 8 fully saturated rings. The van der Waals surface area contributed by atoms with Crippen molar-refractivity contribution in [2.75, 3.05) is 0 Å². The molecule has 0 aromatic heterocycles. The van der Waals surface area contributed by atoms with E-state index in [0.717, 1.165) is 79.6 Å². The third kappa shape index (κ3) is 2.14. The van der Waals surface area contributed by atoms with Crippen LogP contribution in [-0.2, 0) is 4.79 Å². The van der Waals surface area contributed by atoms with Gasteiger partial charge in [-0.25, -0.2) is 0 Å². The second kappa shape index (κ2) is 5.17. The molecule has 26 heavy (non-hydrogen) atoms. The Morgan fingerprint density at radius 3 is 1.31 bits per heavy atom. The lowest BCUT2D eigenvalue weighted by Crippen LogP contribution is -2.51. The minimum Gasteiger partial charge on any atom is -0.511 e. The number of ketones is 1. The molecule has 0 unspecified atom stereocenters. The summed E-state index contributed by atoms with van der Waals surface area (Å²) in [5, 5.41) is 11.4. The van der Waals surface area contributed by atoms with Crippen LogP contribution < -0.4 is 0 Å². The summed E-state index contributed by atoms with van der Waals surface area (Å²) < 4.78 is 0. The SMILES string of the molecule is CC(C(=O)C12CC3CC(CC(C3)C1)C2)=C(O)C12CC3CC(CC(C3)C1)C2. The van der Waals surface area contributed by atoms with E-state index in [1.807, 2.05) is 6.92 Å². The molecular formula is C24H34O2. The van der Waals surface area contributed by atoms with Crippen molar-refractivity contribution in [3.63, 3.8) is 0 Å². The molecule has 2 nitrogen and oxygen atoms in total. The van der Waals surface area contributed by atoms with Crippen LogP contribution in [0.2, 0.25) is 0 Å². The fourth-order valence-corrected chi connectivity index (χ4v) is 9.69. The van der Waals surface area contributed by atoms with Gasteiger partial charge >= 0.3 is 0 Å². The van der Waals surface area contributed by atoms with Crippen LogP contribution in [0.25, 0.3) is 0 Å². The summed E-state index contributed by atoms with van der Waals surface area (Å²) in [7, 11) is 0. The Morgan fingerprint density at radius 2 is 0.962 bits per heavy atom. The van der Waals surface area contributed by atoms with Crippen molar-refractivity contribution in [2.24, 2.45) is 46.3 Å². The number of carbonyl (C=O) groups is 1. The average Bonchev–Trinajstić information content (AvgIpc) is 2.57. The summed E-state index contributed by atoms with van der Waals surface area (Å²) in [6.07, 6.45) is 15.1. The molecule has 8 saturated carbocycles. The van der Waals surface area contributed by atoms with E-state index in [0.29, 0.717) is 11.5 Å². The van der Waals surface area contributed by atoms with Crippen molar-refractivity contribution in [3.05, 3.63) is 11.3 Å². The Morgan fingerprint density at radius 1 is 0.654 bits per heavy atom. The summed E-state index contributed by atoms with van der Waals surface area (Å²) >= 11 is 0. The van der Waals surface area contributed by atoms with Crippen LogP contribution in [0.15, 0.2) is 11.3 Å². The molecule has 0 aromatic carbocycles. The fourth-order valence-electron chi connectivity index (χ4n) is 9.69. The van der Waals surface area contributed by atoms with Crippen LogP contribution in [0, 0.1) is 46.3 Å². The topological polar surface area (TPSA) is 37.3 Å². The van der Waals surface area contributed by atoms with Crippen molar-refractivity contribution in [1.82, 2.24) is 0 Å². The molecule has 8 bridgehead atoms. The number of carbonyl (C=O) groups excluding carboxylic acids is 1. The maximum absolute atomic E-state index is 13.7. The first kappa shape index (κ1) is 16.2. The number of aliphatic hydroxyl groups excluding tert-OH is 1. The molecule has 8 aliphatic carbocycles. The van der Waals surface area contributed by atoms with Crippen LogP contribution in [-0.4, -0.2) is 10.9 Å². The zero-order valence-electron chi connectivity index (χ0n) is 16.3. The van der Waals surface area contributed by atoms with E-state index in [2.05, 4.69) is 0 Å². The van der Waals surface area contributed by atoms with Crippen LogP contribution >= 0.6 is 0 Å². The van der Waals surface area contributed by atoms with Gasteiger partial charge in [-0.2, -0.15) is 0 Å². The molecule has 0 spiro atoms. The fraction of sp³-hybridized carbons (Fsp3) is 0.875. The standard InChI is InChI=1S/C24H34O2/c1-14(21(25)23-8-15-2-16(9-23)4-17(3-15)10-23)22(26)24-11-18-5-19(12-24)7-20(6-18)13-24/h15-20,25H,2-13H2,1H3. The highest BCUT2D eigenvalue weighted by molar-refractivity contribution is 6.00. The molecule has 2 heteroatoms. The lowest BCUT2D eigenvalue weighted by Gasteiger charge is -2.57. The van der Waals surface area contributed by atoms with Crippen molar-refractivity contribution in [2.45, 2.75) is 84.0 Å². The maximum Gasteiger partial charge on any atom is 0.168 e. The number of rotatable bonds is 3.